The molecule has 7 heteroatoms. The average molecular weight is 248 g/mol. The summed E-state index contributed by atoms with van der Waals surface area (Å²) < 4.78 is 37.6. The van der Waals surface area contributed by atoms with Gasteiger partial charge < -0.3 is 5.11 Å². The first-order chi connectivity index (χ1) is 7.39. The van der Waals surface area contributed by atoms with Crippen LogP contribution in [0.2, 0.25) is 0 Å². The molecule has 0 spiro atoms. The summed E-state index contributed by atoms with van der Waals surface area (Å²) in [5, 5.41) is 8.87. The third kappa shape index (κ3) is 2.55. The van der Waals surface area contributed by atoms with E-state index in [4.69, 9.17) is 5.11 Å². The molecule has 90 valence electrons. The van der Waals surface area contributed by atoms with Crippen molar-refractivity contribution in [1.82, 2.24) is 9.29 Å². The lowest BCUT2D eigenvalue weighted by atomic mass is 10.4. The van der Waals surface area contributed by atoms with Crippen LogP contribution in [0.4, 0.5) is 4.39 Å². The summed E-state index contributed by atoms with van der Waals surface area (Å²) in [6.45, 7) is 1.24. The highest BCUT2D eigenvalue weighted by molar-refractivity contribution is 7.89. The van der Waals surface area contributed by atoms with Gasteiger partial charge in [-0.15, -0.1) is 0 Å². The highest BCUT2D eigenvalue weighted by Gasteiger charge is 2.25. The van der Waals surface area contributed by atoms with E-state index in [9.17, 15) is 12.8 Å². The minimum Gasteiger partial charge on any atom is -0.395 e. The summed E-state index contributed by atoms with van der Waals surface area (Å²) in [5.74, 6) is -0.717. The Morgan fingerprint density at radius 2 is 2.19 bits per heavy atom. The van der Waals surface area contributed by atoms with Gasteiger partial charge in [0, 0.05) is 19.3 Å². The minimum absolute atomic E-state index is 0.227. The smallest absolute Gasteiger partial charge is 0.244 e. The maximum Gasteiger partial charge on any atom is 0.244 e. The minimum atomic E-state index is -3.80. The van der Waals surface area contributed by atoms with Crippen molar-refractivity contribution in [3.63, 3.8) is 0 Å². The lowest BCUT2D eigenvalue weighted by molar-refractivity contribution is 0.214. The zero-order chi connectivity index (χ0) is 12.3. The zero-order valence-corrected chi connectivity index (χ0v) is 9.78. The number of hydrogen-bond acceptors (Lipinski definition) is 4. The number of aromatic nitrogens is 1. The summed E-state index contributed by atoms with van der Waals surface area (Å²) in [4.78, 5) is 3.25. The van der Waals surface area contributed by atoms with E-state index in [0.29, 0.717) is 0 Å². The van der Waals surface area contributed by atoms with Crippen molar-refractivity contribution < 1.29 is 17.9 Å². The van der Waals surface area contributed by atoms with Crippen LogP contribution in [0.3, 0.4) is 0 Å². The van der Waals surface area contributed by atoms with Gasteiger partial charge in [-0.2, -0.15) is 4.31 Å². The van der Waals surface area contributed by atoms with E-state index in [1.165, 1.54) is 7.05 Å². The van der Waals surface area contributed by atoms with Gasteiger partial charge in [0.15, 0.2) is 0 Å². The van der Waals surface area contributed by atoms with E-state index >= 15 is 0 Å². The SMILES string of the molecule is CC(CO)N(C)S(=O)(=O)c1cncc(F)c1. The second-order valence-corrected chi connectivity index (χ2v) is 5.39. The molecule has 0 aromatic carbocycles. The monoisotopic (exact) mass is 248 g/mol. The number of pyridine rings is 1. The molecule has 0 bridgehead atoms. The van der Waals surface area contributed by atoms with Crippen molar-refractivity contribution in [3.05, 3.63) is 24.3 Å². The molecule has 1 atom stereocenters. The fraction of sp³-hybridized carbons (Fsp3) is 0.444. The van der Waals surface area contributed by atoms with E-state index < -0.39 is 21.9 Å². The molecule has 0 aliphatic carbocycles. The van der Waals surface area contributed by atoms with Crippen LogP contribution in [-0.2, 0) is 10.0 Å². The maximum atomic E-state index is 12.8. The number of likely N-dealkylation sites (N-methyl/N-ethyl adjacent to an activating group) is 1. The van der Waals surface area contributed by atoms with Gasteiger partial charge >= 0.3 is 0 Å². The van der Waals surface area contributed by atoms with Crippen molar-refractivity contribution in [3.8, 4) is 0 Å². The number of aliphatic hydroxyl groups excluding tert-OH is 1. The molecular weight excluding hydrogens is 235 g/mol. The lowest BCUT2D eigenvalue weighted by Gasteiger charge is -2.22. The summed E-state index contributed by atoms with van der Waals surface area (Å²) >= 11 is 0. The third-order valence-corrected chi connectivity index (χ3v) is 4.18. The standard InChI is InChI=1S/C9H13FN2O3S/c1-7(6-13)12(2)16(14,15)9-3-8(10)4-11-5-9/h3-5,7,13H,6H2,1-2H3. The Morgan fingerprint density at radius 3 is 2.69 bits per heavy atom. The molecule has 0 saturated carbocycles. The Balaban J connectivity index is 3.12. The van der Waals surface area contributed by atoms with Crippen LogP contribution < -0.4 is 0 Å². The highest BCUT2D eigenvalue weighted by Crippen LogP contribution is 2.15. The van der Waals surface area contributed by atoms with Crippen molar-refractivity contribution in [1.29, 1.82) is 0 Å². The molecule has 16 heavy (non-hydrogen) atoms. The van der Waals surface area contributed by atoms with Crippen molar-refractivity contribution in [2.45, 2.75) is 17.9 Å². The van der Waals surface area contributed by atoms with Crippen LogP contribution in [-0.4, -0.2) is 42.5 Å². The molecule has 1 rings (SSSR count). The number of sulfonamides is 1. The van der Waals surface area contributed by atoms with Crippen LogP contribution in [0.25, 0.3) is 0 Å². The van der Waals surface area contributed by atoms with Crippen molar-refractivity contribution in [2.24, 2.45) is 0 Å². The topological polar surface area (TPSA) is 70.5 Å². The van der Waals surface area contributed by atoms with Crippen molar-refractivity contribution >= 4 is 10.0 Å². The summed E-state index contributed by atoms with van der Waals surface area (Å²) in [5.41, 5.74) is 0. The van der Waals surface area contributed by atoms with Gasteiger partial charge in [0.2, 0.25) is 10.0 Å². The van der Waals surface area contributed by atoms with Crippen LogP contribution in [0.15, 0.2) is 23.4 Å². The van der Waals surface area contributed by atoms with Gasteiger partial charge in [-0.05, 0) is 13.0 Å². The van der Waals surface area contributed by atoms with Gasteiger partial charge in [0.25, 0.3) is 0 Å². The third-order valence-electron chi connectivity index (χ3n) is 2.24. The summed E-state index contributed by atoms with van der Waals surface area (Å²) in [6, 6.07) is 0.316. The number of rotatable bonds is 4. The van der Waals surface area contributed by atoms with E-state index in [1.807, 2.05) is 0 Å². The van der Waals surface area contributed by atoms with Crippen LogP contribution in [0.1, 0.15) is 6.92 Å². The molecule has 0 fully saturated rings. The normalized spacial score (nSPS) is 14.1. The fourth-order valence-electron chi connectivity index (χ4n) is 1.05. The van der Waals surface area contributed by atoms with Gasteiger partial charge in [0.1, 0.15) is 10.7 Å². The van der Waals surface area contributed by atoms with E-state index in [2.05, 4.69) is 4.98 Å². The first-order valence-corrected chi connectivity index (χ1v) is 6.03. The van der Waals surface area contributed by atoms with Gasteiger partial charge in [-0.1, -0.05) is 0 Å². The number of hydrogen-bond donors (Lipinski definition) is 1. The number of aliphatic hydroxyl groups is 1. The average Bonchev–Trinajstić information content (AvgIpc) is 2.27. The van der Waals surface area contributed by atoms with Crippen LogP contribution in [0, 0.1) is 5.82 Å². The Labute approximate surface area is 93.6 Å². The summed E-state index contributed by atoms with van der Waals surface area (Å²) in [6.07, 6.45) is 1.99. The molecule has 0 amide bonds. The zero-order valence-electron chi connectivity index (χ0n) is 8.96. The lowest BCUT2D eigenvalue weighted by Crippen LogP contribution is -2.37. The molecule has 1 aromatic heterocycles. The highest BCUT2D eigenvalue weighted by atomic mass is 32.2. The second-order valence-electron chi connectivity index (χ2n) is 3.39. The molecule has 0 aliphatic heterocycles. The first-order valence-electron chi connectivity index (χ1n) is 4.59. The Morgan fingerprint density at radius 1 is 1.56 bits per heavy atom. The molecular formula is C9H13FN2O3S. The van der Waals surface area contributed by atoms with Crippen LogP contribution >= 0.6 is 0 Å². The molecule has 1 N–H and O–H groups in total. The molecule has 1 aromatic rings. The molecule has 1 heterocycles. The largest absolute Gasteiger partial charge is 0.395 e. The molecule has 5 nitrogen and oxygen atoms in total. The van der Waals surface area contributed by atoms with Gasteiger partial charge in [0.05, 0.1) is 12.8 Å². The molecule has 0 aliphatic rings. The predicted molar refractivity (Wildman–Crippen MR) is 55.7 cm³/mol. The second kappa shape index (κ2) is 4.86. The van der Waals surface area contributed by atoms with Crippen LogP contribution in [0.5, 0.6) is 0 Å². The fourth-order valence-corrected chi connectivity index (χ4v) is 2.38. The first kappa shape index (κ1) is 13.0. The van der Waals surface area contributed by atoms with E-state index in [0.717, 1.165) is 22.8 Å². The van der Waals surface area contributed by atoms with Crippen molar-refractivity contribution in [2.75, 3.05) is 13.7 Å². The van der Waals surface area contributed by atoms with E-state index in [1.54, 1.807) is 6.92 Å². The molecule has 0 saturated heterocycles. The number of halogens is 1. The van der Waals surface area contributed by atoms with Gasteiger partial charge in [-0.25, -0.2) is 12.8 Å². The quantitative estimate of drug-likeness (QED) is 0.827. The Hall–Kier alpha value is -1.05. The predicted octanol–water partition coefficient (Wildman–Crippen LogP) is 0.222. The molecule has 1 unspecified atom stereocenters. The van der Waals surface area contributed by atoms with E-state index in [-0.39, 0.29) is 11.5 Å². The molecule has 0 radical (unpaired) electrons. The Kier molecular flexibility index (Phi) is 3.95. The summed E-state index contributed by atoms with van der Waals surface area (Å²) in [7, 11) is -2.48. The Bertz CT molecular complexity index is 464. The maximum absolute atomic E-state index is 12.8. The van der Waals surface area contributed by atoms with Gasteiger partial charge in [-0.3, -0.25) is 4.98 Å². The number of nitrogens with zero attached hydrogens (tertiary/aromatic N) is 2.